The van der Waals surface area contributed by atoms with Gasteiger partial charge in [0, 0.05) is 25.8 Å². The van der Waals surface area contributed by atoms with Crippen molar-refractivity contribution in [2.24, 2.45) is 5.92 Å². The number of ether oxygens (including phenoxy) is 1. The normalized spacial score (nSPS) is 18.4. The highest BCUT2D eigenvalue weighted by atomic mass is 32.2. The number of hydrogen-bond acceptors (Lipinski definition) is 7. The molecule has 0 spiro atoms. The van der Waals surface area contributed by atoms with Crippen molar-refractivity contribution in [2.75, 3.05) is 25.5 Å². The molecular formula is C17H22N4O5S. The molecule has 1 aliphatic heterocycles. The topological polar surface area (TPSA) is 115 Å². The van der Waals surface area contributed by atoms with E-state index in [2.05, 4.69) is 15.5 Å². The van der Waals surface area contributed by atoms with Crippen molar-refractivity contribution < 1.29 is 22.4 Å². The van der Waals surface area contributed by atoms with E-state index in [1.807, 2.05) is 6.92 Å². The molecule has 1 amide bonds. The molecule has 3 rings (SSSR count). The summed E-state index contributed by atoms with van der Waals surface area (Å²) in [6, 6.07) is 5.75. The Kier molecular flexibility index (Phi) is 5.88. The molecule has 1 fully saturated rings. The third-order valence-electron chi connectivity index (χ3n) is 4.33. The van der Waals surface area contributed by atoms with Gasteiger partial charge in [-0.3, -0.25) is 10.1 Å². The standard InChI is InChI=1S/C17H22N4O5S/c1-12-4-3-9-21(10-12)27(23,24)14-7-5-13(6-8-14)16(22)18-17-20-19-15(26-17)11-25-2/h5-8,12H,3-4,9-11H2,1-2H3,(H,18,20,22)/t12-/m1/s1. The number of benzene rings is 1. The van der Waals surface area contributed by atoms with Gasteiger partial charge in [0.15, 0.2) is 0 Å². The smallest absolute Gasteiger partial charge is 0.322 e. The minimum Gasteiger partial charge on any atom is -0.405 e. The van der Waals surface area contributed by atoms with Crippen molar-refractivity contribution in [3.05, 3.63) is 35.7 Å². The van der Waals surface area contributed by atoms with Gasteiger partial charge < -0.3 is 9.15 Å². The molecule has 0 radical (unpaired) electrons. The van der Waals surface area contributed by atoms with Crippen LogP contribution >= 0.6 is 0 Å². The number of carbonyl (C=O) groups is 1. The summed E-state index contributed by atoms with van der Waals surface area (Å²) >= 11 is 0. The van der Waals surface area contributed by atoms with E-state index < -0.39 is 15.9 Å². The van der Waals surface area contributed by atoms with Crippen molar-refractivity contribution in [1.29, 1.82) is 0 Å². The van der Waals surface area contributed by atoms with E-state index in [9.17, 15) is 13.2 Å². The summed E-state index contributed by atoms with van der Waals surface area (Å²) in [5.74, 6) is 0.110. The number of methoxy groups -OCH3 is 1. The Balaban J connectivity index is 1.69. The SMILES string of the molecule is COCc1nnc(NC(=O)c2ccc(S(=O)(=O)N3CCC[C@@H](C)C3)cc2)o1. The zero-order valence-corrected chi connectivity index (χ0v) is 16.0. The van der Waals surface area contributed by atoms with Crippen LogP contribution in [-0.2, 0) is 21.4 Å². The number of piperidine rings is 1. The Morgan fingerprint density at radius 3 is 2.74 bits per heavy atom. The monoisotopic (exact) mass is 394 g/mol. The van der Waals surface area contributed by atoms with E-state index in [4.69, 9.17) is 9.15 Å². The fraction of sp³-hybridized carbons (Fsp3) is 0.471. The van der Waals surface area contributed by atoms with Crippen molar-refractivity contribution in [3.63, 3.8) is 0 Å². The molecule has 2 aromatic rings. The van der Waals surface area contributed by atoms with Gasteiger partial charge in [0.2, 0.25) is 15.9 Å². The highest BCUT2D eigenvalue weighted by molar-refractivity contribution is 7.89. The second-order valence-electron chi connectivity index (χ2n) is 6.52. The van der Waals surface area contributed by atoms with Gasteiger partial charge in [0.05, 0.1) is 4.90 Å². The van der Waals surface area contributed by atoms with E-state index in [1.54, 1.807) is 0 Å². The number of amides is 1. The number of nitrogens with one attached hydrogen (secondary N) is 1. The van der Waals surface area contributed by atoms with E-state index in [0.29, 0.717) is 19.0 Å². The van der Waals surface area contributed by atoms with Crippen LogP contribution in [0.5, 0.6) is 0 Å². The molecule has 1 atom stereocenters. The fourth-order valence-electron chi connectivity index (χ4n) is 2.95. The molecule has 1 N–H and O–H groups in total. The third kappa shape index (κ3) is 4.52. The van der Waals surface area contributed by atoms with Gasteiger partial charge in [-0.1, -0.05) is 12.0 Å². The Morgan fingerprint density at radius 2 is 2.07 bits per heavy atom. The van der Waals surface area contributed by atoms with Gasteiger partial charge >= 0.3 is 6.01 Å². The number of nitrogens with zero attached hydrogens (tertiary/aromatic N) is 3. The van der Waals surface area contributed by atoms with Crippen LogP contribution in [0.3, 0.4) is 0 Å². The van der Waals surface area contributed by atoms with Crippen LogP contribution in [0.15, 0.2) is 33.6 Å². The summed E-state index contributed by atoms with van der Waals surface area (Å²) in [6.07, 6.45) is 1.89. The lowest BCUT2D eigenvalue weighted by Crippen LogP contribution is -2.39. The zero-order chi connectivity index (χ0) is 19.4. The van der Waals surface area contributed by atoms with E-state index in [0.717, 1.165) is 12.8 Å². The number of sulfonamides is 1. The van der Waals surface area contributed by atoms with Crippen LogP contribution in [0.2, 0.25) is 0 Å². The molecule has 0 aliphatic carbocycles. The molecule has 2 heterocycles. The van der Waals surface area contributed by atoms with Gasteiger partial charge in [0.25, 0.3) is 5.91 Å². The van der Waals surface area contributed by atoms with Crippen LogP contribution in [0.4, 0.5) is 6.01 Å². The van der Waals surface area contributed by atoms with Gasteiger partial charge in [-0.15, -0.1) is 5.10 Å². The van der Waals surface area contributed by atoms with Crippen LogP contribution in [-0.4, -0.2) is 49.0 Å². The summed E-state index contributed by atoms with van der Waals surface area (Å²) in [5, 5.41) is 9.88. The molecular weight excluding hydrogens is 372 g/mol. The maximum atomic E-state index is 12.7. The first-order chi connectivity index (χ1) is 12.9. The summed E-state index contributed by atoms with van der Waals surface area (Å²) in [6.45, 7) is 3.23. The van der Waals surface area contributed by atoms with Crippen molar-refractivity contribution in [1.82, 2.24) is 14.5 Å². The van der Waals surface area contributed by atoms with Crippen LogP contribution < -0.4 is 5.32 Å². The molecule has 10 heteroatoms. The Bertz CT molecular complexity index is 894. The molecule has 146 valence electrons. The number of aromatic nitrogens is 2. The lowest BCUT2D eigenvalue weighted by atomic mass is 10.0. The zero-order valence-electron chi connectivity index (χ0n) is 15.2. The second-order valence-corrected chi connectivity index (χ2v) is 8.46. The van der Waals surface area contributed by atoms with Crippen LogP contribution in [0.1, 0.15) is 36.0 Å². The highest BCUT2D eigenvalue weighted by Crippen LogP contribution is 2.23. The average molecular weight is 394 g/mol. The minimum absolute atomic E-state index is 0.0500. The van der Waals surface area contributed by atoms with Crippen LogP contribution in [0, 0.1) is 5.92 Å². The highest BCUT2D eigenvalue weighted by Gasteiger charge is 2.28. The number of hydrogen-bond donors (Lipinski definition) is 1. The molecule has 0 bridgehead atoms. The van der Waals surface area contributed by atoms with E-state index in [-0.39, 0.29) is 29.0 Å². The third-order valence-corrected chi connectivity index (χ3v) is 6.21. The maximum Gasteiger partial charge on any atom is 0.322 e. The molecule has 0 saturated carbocycles. The average Bonchev–Trinajstić information content (AvgIpc) is 3.09. The Morgan fingerprint density at radius 1 is 1.33 bits per heavy atom. The van der Waals surface area contributed by atoms with Gasteiger partial charge in [-0.05, 0) is 43.0 Å². The van der Waals surface area contributed by atoms with Gasteiger partial charge in [0.1, 0.15) is 6.61 Å². The summed E-state index contributed by atoms with van der Waals surface area (Å²) in [7, 11) is -2.06. The van der Waals surface area contributed by atoms with Crippen molar-refractivity contribution >= 4 is 21.9 Å². The molecule has 1 aliphatic rings. The first kappa shape index (κ1) is 19.5. The molecule has 9 nitrogen and oxygen atoms in total. The maximum absolute atomic E-state index is 12.7. The largest absolute Gasteiger partial charge is 0.405 e. The molecule has 1 saturated heterocycles. The first-order valence-corrected chi connectivity index (χ1v) is 10.1. The number of anilines is 1. The fourth-order valence-corrected chi connectivity index (χ4v) is 4.55. The first-order valence-electron chi connectivity index (χ1n) is 8.63. The molecule has 27 heavy (non-hydrogen) atoms. The van der Waals surface area contributed by atoms with Gasteiger partial charge in [-0.2, -0.15) is 4.31 Å². The molecule has 1 aromatic carbocycles. The summed E-state index contributed by atoms with van der Waals surface area (Å²) in [5.41, 5.74) is 0.285. The Labute approximate surface area is 157 Å². The lowest BCUT2D eigenvalue weighted by molar-refractivity contribution is 0.102. The molecule has 0 unspecified atom stereocenters. The predicted molar refractivity (Wildman–Crippen MR) is 96.6 cm³/mol. The van der Waals surface area contributed by atoms with Crippen molar-refractivity contribution in [2.45, 2.75) is 31.3 Å². The predicted octanol–water partition coefficient (Wildman–Crippen LogP) is 1.89. The number of carbonyl (C=O) groups excluding carboxylic acids is 1. The Hall–Kier alpha value is -2.30. The summed E-state index contributed by atoms with van der Waals surface area (Å²) < 4.78 is 37.1. The second kappa shape index (κ2) is 8.15. The van der Waals surface area contributed by atoms with E-state index in [1.165, 1.54) is 35.7 Å². The summed E-state index contributed by atoms with van der Waals surface area (Å²) in [4.78, 5) is 12.4. The van der Waals surface area contributed by atoms with E-state index >= 15 is 0 Å². The number of rotatable bonds is 6. The van der Waals surface area contributed by atoms with Gasteiger partial charge in [-0.25, -0.2) is 8.42 Å². The van der Waals surface area contributed by atoms with Crippen molar-refractivity contribution in [3.8, 4) is 0 Å². The molecule has 1 aromatic heterocycles. The minimum atomic E-state index is -3.55. The lowest BCUT2D eigenvalue weighted by Gasteiger charge is -2.30. The van der Waals surface area contributed by atoms with Crippen LogP contribution in [0.25, 0.3) is 0 Å². The quantitative estimate of drug-likeness (QED) is 0.795.